The molecule has 0 aliphatic rings. The molecule has 0 bridgehead atoms. The first-order valence-corrected chi connectivity index (χ1v) is 3.55. The van der Waals surface area contributed by atoms with Crippen LogP contribution in [0.15, 0.2) is 11.8 Å². The molecule has 0 aliphatic carbocycles. The van der Waals surface area contributed by atoms with Crippen LogP contribution in [0.2, 0.25) is 0 Å². The molecular weight excluding hydrogens is 144 g/mol. The van der Waals surface area contributed by atoms with Crippen LogP contribution < -0.4 is 0 Å². The third-order valence-corrected chi connectivity index (χ3v) is 1.78. The molecule has 0 saturated heterocycles. The van der Waals surface area contributed by atoms with Crippen molar-refractivity contribution in [1.82, 2.24) is 0 Å². The van der Waals surface area contributed by atoms with E-state index in [9.17, 15) is 5.11 Å². The third-order valence-electron chi connectivity index (χ3n) is 1.78. The summed E-state index contributed by atoms with van der Waals surface area (Å²) in [6.45, 7) is 4.96. The van der Waals surface area contributed by atoms with Gasteiger partial charge in [0.2, 0.25) is 0 Å². The molecule has 0 amide bonds. The first kappa shape index (κ1) is 10.5. The van der Waals surface area contributed by atoms with Crippen LogP contribution in [-0.4, -0.2) is 28.0 Å². The number of aliphatic hydroxyl groups excluding tert-OH is 3. The molecule has 3 heteroatoms. The third kappa shape index (κ3) is 2.52. The van der Waals surface area contributed by atoms with Gasteiger partial charge in [-0.2, -0.15) is 0 Å². The van der Waals surface area contributed by atoms with Gasteiger partial charge in [-0.1, -0.05) is 13.8 Å². The van der Waals surface area contributed by atoms with E-state index < -0.39 is 11.5 Å². The first-order chi connectivity index (χ1) is 4.95. The molecule has 0 aromatic rings. The number of hydrogen-bond acceptors (Lipinski definition) is 3. The van der Waals surface area contributed by atoms with Crippen LogP contribution in [0.3, 0.4) is 0 Å². The van der Waals surface area contributed by atoms with Crippen molar-refractivity contribution in [1.29, 1.82) is 0 Å². The van der Waals surface area contributed by atoms with E-state index in [-0.39, 0.29) is 6.61 Å². The molecular formula is C8H16O3. The van der Waals surface area contributed by atoms with E-state index in [1.807, 2.05) is 0 Å². The molecule has 1 unspecified atom stereocenters. The summed E-state index contributed by atoms with van der Waals surface area (Å²) in [5.74, 6) is 0. The van der Waals surface area contributed by atoms with Crippen LogP contribution in [0.4, 0.5) is 0 Å². The monoisotopic (exact) mass is 160 g/mol. The fraction of sp³-hybridized carbons (Fsp3) is 0.750. The van der Waals surface area contributed by atoms with Crippen molar-refractivity contribution in [3.8, 4) is 0 Å². The van der Waals surface area contributed by atoms with Crippen LogP contribution in [0, 0.1) is 5.41 Å². The van der Waals surface area contributed by atoms with Gasteiger partial charge in [0, 0.05) is 5.41 Å². The molecule has 0 aliphatic heterocycles. The summed E-state index contributed by atoms with van der Waals surface area (Å²) in [5, 5.41) is 26.9. The van der Waals surface area contributed by atoms with Crippen LogP contribution in [-0.2, 0) is 0 Å². The molecule has 0 saturated carbocycles. The minimum atomic E-state index is -0.794. The Kier molecular flexibility index (Phi) is 3.55. The van der Waals surface area contributed by atoms with Gasteiger partial charge in [-0.05, 0) is 12.5 Å². The molecule has 0 radical (unpaired) electrons. The van der Waals surface area contributed by atoms with Gasteiger partial charge in [0.05, 0.1) is 19.0 Å². The summed E-state index contributed by atoms with van der Waals surface area (Å²) in [4.78, 5) is 0. The predicted molar refractivity (Wildman–Crippen MR) is 43.3 cm³/mol. The van der Waals surface area contributed by atoms with E-state index >= 15 is 0 Å². The highest BCUT2D eigenvalue weighted by Gasteiger charge is 2.28. The minimum absolute atomic E-state index is 0.112. The lowest BCUT2D eigenvalue weighted by Crippen LogP contribution is -2.33. The molecule has 3 nitrogen and oxygen atoms in total. The van der Waals surface area contributed by atoms with E-state index in [4.69, 9.17) is 10.2 Å². The van der Waals surface area contributed by atoms with Gasteiger partial charge in [0.25, 0.3) is 0 Å². The summed E-state index contributed by atoms with van der Waals surface area (Å²) in [7, 11) is 0. The number of aliphatic hydroxyl groups is 3. The van der Waals surface area contributed by atoms with Gasteiger partial charge in [0.1, 0.15) is 0 Å². The van der Waals surface area contributed by atoms with Crippen LogP contribution >= 0.6 is 0 Å². The Morgan fingerprint density at radius 3 is 2.27 bits per heavy atom. The second-order valence-corrected chi connectivity index (χ2v) is 3.42. The fourth-order valence-electron chi connectivity index (χ4n) is 0.773. The standard InChI is InChI=1S/C8H16O3/c1-6(4-9)7(11)8(2,3)5-10/h4,7,9-11H,5H2,1-3H3/b6-4+. The van der Waals surface area contributed by atoms with E-state index in [0.29, 0.717) is 5.57 Å². The van der Waals surface area contributed by atoms with Crippen LogP contribution in [0.25, 0.3) is 0 Å². The van der Waals surface area contributed by atoms with Gasteiger partial charge in [-0.3, -0.25) is 0 Å². The van der Waals surface area contributed by atoms with Gasteiger partial charge in [-0.25, -0.2) is 0 Å². The highest BCUT2D eigenvalue weighted by atomic mass is 16.3. The maximum absolute atomic E-state index is 9.46. The van der Waals surface area contributed by atoms with Gasteiger partial charge < -0.3 is 15.3 Å². The van der Waals surface area contributed by atoms with E-state index in [1.165, 1.54) is 0 Å². The molecule has 0 rings (SSSR count). The lowest BCUT2D eigenvalue weighted by atomic mass is 9.84. The van der Waals surface area contributed by atoms with Gasteiger partial charge in [0.15, 0.2) is 0 Å². The zero-order valence-corrected chi connectivity index (χ0v) is 7.20. The summed E-state index contributed by atoms with van der Waals surface area (Å²) in [6.07, 6.45) is 0.0692. The van der Waals surface area contributed by atoms with Crippen molar-refractivity contribution in [2.75, 3.05) is 6.61 Å². The van der Waals surface area contributed by atoms with Crippen molar-refractivity contribution in [3.05, 3.63) is 11.8 Å². The quantitative estimate of drug-likeness (QED) is 0.536. The molecule has 0 heterocycles. The largest absolute Gasteiger partial charge is 0.516 e. The van der Waals surface area contributed by atoms with E-state index in [0.717, 1.165) is 6.26 Å². The summed E-state index contributed by atoms with van der Waals surface area (Å²) < 4.78 is 0. The maximum Gasteiger partial charge on any atom is 0.0852 e. The van der Waals surface area contributed by atoms with Crippen molar-refractivity contribution < 1.29 is 15.3 Å². The minimum Gasteiger partial charge on any atom is -0.516 e. The summed E-state index contributed by atoms with van der Waals surface area (Å²) in [5.41, 5.74) is -0.132. The Labute approximate surface area is 67.0 Å². The Balaban J connectivity index is 4.35. The van der Waals surface area contributed by atoms with E-state index in [2.05, 4.69) is 0 Å². The Morgan fingerprint density at radius 2 is 2.00 bits per heavy atom. The topological polar surface area (TPSA) is 60.7 Å². The summed E-state index contributed by atoms with van der Waals surface area (Å²) in [6, 6.07) is 0. The Morgan fingerprint density at radius 1 is 1.55 bits per heavy atom. The average molecular weight is 160 g/mol. The second kappa shape index (κ2) is 3.74. The predicted octanol–water partition coefficient (Wildman–Crippen LogP) is 0.828. The number of rotatable bonds is 3. The van der Waals surface area contributed by atoms with Crippen molar-refractivity contribution in [2.45, 2.75) is 26.9 Å². The second-order valence-electron chi connectivity index (χ2n) is 3.42. The van der Waals surface area contributed by atoms with Gasteiger partial charge >= 0.3 is 0 Å². The molecule has 11 heavy (non-hydrogen) atoms. The Bertz CT molecular complexity index is 149. The fourth-order valence-corrected chi connectivity index (χ4v) is 0.773. The van der Waals surface area contributed by atoms with Crippen LogP contribution in [0.5, 0.6) is 0 Å². The first-order valence-electron chi connectivity index (χ1n) is 3.55. The summed E-state index contributed by atoms with van der Waals surface area (Å²) >= 11 is 0. The molecule has 0 aromatic carbocycles. The SMILES string of the molecule is C/C(=C\O)C(O)C(C)(C)CO. The maximum atomic E-state index is 9.46. The molecule has 0 aromatic heterocycles. The van der Waals surface area contributed by atoms with Crippen molar-refractivity contribution >= 4 is 0 Å². The van der Waals surface area contributed by atoms with Crippen LogP contribution in [0.1, 0.15) is 20.8 Å². The zero-order valence-electron chi connectivity index (χ0n) is 7.20. The normalized spacial score (nSPS) is 16.6. The lowest BCUT2D eigenvalue weighted by Gasteiger charge is -2.28. The van der Waals surface area contributed by atoms with Gasteiger partial charge in [-0.15, -0.1) is 0 Å². The van der Waals surface area contributed by atoms with Crippen molar-refractivity contribution in [3.63, 3.8) is 0 Å². The lowest BCUT2D eigenvalue weighted by molar-refractivity contribution is 0.0298. The molecule has 0 spiro atoms. The highest BCUT2D eigenvalue weighted by molar-refractivity contribution is 5.05. The Hall–Kier alpha value is -0.540. The van der Waals surface area contributed by atoms with Crippen molar-refractivity contribution in [2.24, 2.45) is 5.41 Å². The molecule has 66 valence electrons. The molecule has 3 N–H and O–H groups in total. The zero-order chi connectivity index (χ0) is 9.07. The molecule has 0 fully saturated rings. The number of hydrogen-bond donors (Lipinski definition) is 3. The molecule has 1 atom stereocenters. The smallest absolute Gasteiger partial charge is 0.0852 e. The average Bonchev–Trinajstić information content (AvgIpc) is 2.01. The highest BCUT2D eigenvalue weighted by Crippen LogP contribution is 2.24. The van der Waals surface area contributed by atoms with E-state index in [1.54, 1.807) is 20.8 Å².